The molecular formula is C9H12BrN3O. The van der Waals surface area contributed by atoms with Crippen LogP contribution in [0.3, 0.4) is 0 Å². The van der Waals surface area contributed by atoms with Crippen LogP contribution in [0.25, 0.3) is 0 Å². The largest absolute Gasteiger partial charge is 0.382 e. The molecule has 2 N–H and O–H groups in total. The maximum atomic E-state index is 11.1. The fourth-order valence-corrected chi connectivity index (χ4v) is 1.29. The molecule has 0 unspecified atom stereocenters. The van der Waals surface area contributed by atoms with Gasteiger partial charge in [-0.25, -0.2) is 5.10 Å². The zero-order valence-electron chi connectivity index (χ0n) is 7.88. The van der Waals surface area contributed by atoms with Crippen molar-refractivity contribution in [1.29, 1.82) is 0 Å². The number of allylic oxidation sites excluding steroid dienone is 1. The van der Waals surface area contributed by atoms with Crippen LogP contribution < -0.4 is 10.9 Å². The van der Waals surface area contributed by atoms with Crippen molar-refractivity contribution in [2.45, 2.75) is 13.3 Å². The van der Waals surface area contributed by atoms with Crippen LogP contribution in [0.1, 0.15) is 13.3 Å². The molecule has 0 atom stereocenters. The molecule has 0 aromatic carbocycles. The van der Waals surface area contributed by atoms with Crippen molar-refractivity contribution < 1.29 is 0 Å². The molecule has 0 saturated carbocycles. The van der Waals surface area contributed by atoms with Gasteiger partial charge < -0.3 is 5.32 Å². The van der Waals surface area contributed by atoms with E-state index in [0.717, 1.165) is 18.7 Å². The molecule has 1 aromatic rings. The molecule has 0 aliphatic heterocycles. The van der Waals surface area contributed by atoms with Crippen LogP contribution in [-0.2, 0) is 0 Å². The maximum absolute atomic E-state index is 11.1. The molecule has 76 valence electrons. The van der Waals surface area contributed by atoms with Gasteiger partial charge in [-0.15, -0.1) is 0 Å². The van der Waals surface area contributed by atoms with Gasteiger partial charge in [0.25, 0.3) is 5.56 Å². The first-order chi connectivity index (χ1) is 6.75. The summed E-state index contributed by atoms with van der Waals surface area (Å²) in [6.45, 7) is 2.76. The molecule has 0 saturated heterocycles. The lowest BCUT2D eigenvalue weighted by Gasteiger charge is -2.04. The monoisotopic (exact) mass is 257 g/mol. The first-order valence-electron chi connectivity index (χ1n) is 4.34. The highest BCUT2D eigenvalue weighted by molar-refractivity contribution is 9.10. The van der Waals surface area contributed by atoms with Gasteiger partial charge in [0.05, 0.1) is 11.9 Å². The normalized spacial score (nSPS) is 10.7. The summed E-state index contributed by atoms with van der Waals surface area (Å²) in [6.07, 6.45) is 6.56. The van der Waals surface area contributed by atoms with Gasteiger partial charge in [-0.3, -0.25) is 4.79 Å². The van der Waals surface area contributed by atoms with Gasteiger partial charge in [-0.05, 0) is 29.3 Å². The molecule has 14 heavy (non-hydrogen) atoms. The summed E-state index contributed by atoms with van der Waals surface area (Å²) in [5.41, 5.74) is 0.499. The average Bonchev–Trinajstić information content (AvgIpc) is 2.19. The highest BCUT2D eigenvalue weighted by Gasteiger charge is 2.01. The van der Waals surface area contributed by atoms with Crippen molar-refractivity contribution in [1.82, 2.24) is 10.2 Å². The van der Waals surface area contributed by atoms with E-state index in [1.54, 1.807) is 6.20 Å². The van der Waals surface area contributed by atoms with E-state index in [2.05, 4.69) is 37.5 Å². The van der Waals surface area contributed by atoms with Crippen molar-refractivity contribution in [3.05, 3.63) is 33.2 Å². The Bertz CT molecular complexity index is 373. The number of hydrogen-bond acceptors (Lipinski definition) is 3. The van der Waals surface area contributed by atoms with Crippen LogP contribution in [0.5, 0.6) is 0 Å². The molecule has 0 bridgehead atoms. The molecule has 0 radical (unpaired) electrons. The minimum absolute atomic E-state index is 0.221. The molecule has 5 heteroatoms. The summed E-state index contributed by atoms with van der Waals surface area (Å²) in [4.78, 5) is 11.1. The SMILES string of the molecule is C/C=C/CCNc1cn[nH]c(=O)c1Br. The first kappa shape index (κ1) is 11.0. The highest BCUT2D eigenvalue weighted by Crippen LogP contribution is 2.14. The van der Waals surface area contributed by atoms with Crippen LogP contribution in [0.4, 0.5) is 5.69 Å². The third-order valence-electron chi connectivity index (χ3n) is 1.66. The predicted octanol–water partition coefficient (Wildman–Crippen LogP) is 1.91. The number of halogens is 1. The molecular weight excluding hydrogens is 246 g/mol. The molecule has 1 aromatic heterocycles. The topological polar surface area (TPSA) is 57.8 Å². The predicted molar refractivity (Wildman–Crippen MR) is 60.5 cm³/mol. The highest BCUT2D eigenvalue weighted by atomic mass is 79.9. The Morgan fingerprint density at radius 1 is 1.71 bits per heavy atom. The fourth-order valence-electron chi connectivity index (χ4n) is 0.964. The molecule has 0 aliphatic rings. The van der Waals surface area contributed by atoms with Gasteiger partial charge in [-0.1, -0.05) is 12.2 Å². The lowest BCUT2D eigenvalue weighted by atomic mass is 10.3. The van der Waals surface area contributed by atoms with Gasteiger partial charge in [0.1, 0.15) is 4.47 Å². The van der Waals surface area contributed by atoms with E-state index in [-0.39, 0.29) is 5.56 Å². The number of hydrogen-bond donors (Lipinski definition) is 2. The van der Waals surface area contributed by atoms with E-state index in [1.165, 1.54) is 0 Å². The molecule has 0 amide bonds. The Labute approximate surface area is 90.6 Å². The summed E-state index contributed by atoms with van der Waals surface area (Å²) >= 11 is 3.19. The summed E-state index contributed by atoms with van der Waals surface area (Å²) in [5.74, 6) is 0. The third kappa shape index (κ3) is 2.99. The van der Waals surface area contributed by atoms with Crippen LogP contribution in [0, 0.1) is 0 Å². The summed E-state index contributed by atoms with van der Waals surface area (Å²) in [6, 6.07) is 0. The van der Waals surface area contributed by atoms with Crippen molar-refractivity contribution in [2.75, 3.05) is 11.9 Å². The lowest BCUT2D eigenvalue weighted by molar-refractivity contribution is 0.966. The number of nitrogens with zero attached hydrogens (tertiary/aromatic N) is 1. The molecule has 4 nitrogen and oxygen atoms in total. The van der Waals surface area contributed by atoms with Gasteiger partial charge in [-0.2, -0.15) is 5.10 Å². The van der Waals surface area contributed by atoms with Gasteiger partial charge in [0.15, 0.2) is 0 Å². The van der Waals surface area contributed by atoms with E-state index in [9.17, 15) is 4.79 Å². The summed E-state index contributed by atoms with van der Waals surface area (Å²) in [5, 5.41) is 9.14. The van der Waals surface area contributed by atoms with Crippen molar-refractivity contribution >= 4 is 21.6 Å². The van der Waals surface area contributed by atoms with Gasteiger partial charge >= 0.3 is 0 Å². The minimum Gasteiger partial charge on any atom is -0.382 e. The Morgan fingerprint density at radius 3 is 3.21 bits per heavy atom. The van der Waals surface area contributed by atoms with Crippen molar-refractivity contribution in [3.63, 3.8) is 0 Å². The minimum atomic E-state index is -0.221. The molecule has 1 rings (SSSR count). The quantitative estimate of drug-likeness (QED) is 0.640. The molecule has 1 heterocycles. The summed E-state index contributed by atoms with van der Waals surface area (Å²) < 4.78 is 0.493. The van der Waals surface area contributed by atoms with E-state index in [0.29, 0.717) is 4.47 Å². The molecule has 0 fully saturated rings. The van der Waals surface area contributed by atoms with Gasteiger partial charge in [0.2, 0.25) is 0 Å². The Morgan fingerprint density at radius 2 is 2.50 bits per heavy atom. The van der Waals surface area contributed by atoms with E-state index < -0.39 is 0 Å². The van der Waals surface area contributed by atoms with Crippen molar-refractivity contribution in [3.8, 4) is 0 Å². The number of nitrogens with one attached hydrogen (secondary N) is 2. The second-order valence-corrected chi connectivity index (χ2v) is 3.50. The zero-order chi connectivity index (χ0) is 10.4. The number of rotatable bonds is 4. The van der Waals surface area contributed by atoms with E-state index in [1.807, 2.05) is 13.0 Å². The van der Waals surface area contributed by atoms with Crippen LogP contribution in [-0.4, -0.2) is 16.7 Å². The Balaban J connectivity index is 2.59. The Kier molecular flexibility index (Phi) is 4.39. The van der Waals surface area contributed by atoms with Gasteiger partial charge in [0, 0.05) is 6.54 Å². The van der Waals surface area contributed by atoms with Crippen LogP contribution in [0.2, 0.25) is 0 Å². The average molecular weight is 258 g/mol. The van der Waals surface area contributed by atoms with Crippen LogP contribution in [0.15, 0.2) is 27.6 Å². The zero-order valence-corrected chi connectivity index (χ0v) is 9.47. The summed E-state index contributed by atoms with van der Waals surface area (Å²) in [7, 11) is 0. The van der Waals surface area contributed by atoms with E-state index in [4.69, 9.17) is 0 Å². The number of anilines is 1. The number of aromatic amines is 1. The first-order valence-corrected chi connectivity index (χ1v) is 5.13. The smallest absolute Gasteiger partial charge is 0.280 e. The van der Waals surface area contributed by atoms with Crippen LogP contribution >= 0.6 is 15.9 Å². The molecule has 0 spiro atoms. The third-order valence-corrected chi connectivity index (χ3v) is 2.45. The second-order valence-electron chi connectivity index (χ2n) is 2.71. The fraction of sp³-hybridized carbons (Fsp3) is 0.333. The van der Waals surface area contributed by atoms with E-state index >= 15 is 0 Å². The Hall–Kier alpha value is -1.10. The maximum Gasteiger partial charge on any atom is 0.280 e. The molecule has 0 aliphatic carbocycles. The lowest BCUT2D eigenvalue weighted by Crippen LogP contribution is -2.12. The number of H-pyrrole nitrogens is 1. The number of aromatic nitrogens is 2. The van der Waals surface area contributed by atoms with Crippen molar-refractivity contribution in [2.24, 2.45) is 0 Å². The second kappa shape index (κ2) is 5.59. The standard InChI is InChI=1S/C9H12BrN3O/c1-2-3-4-5-11-7-6-12-13-9(14)8(7)10/h2-3,6H,4-5H2,1H3,(H2,11,13,14)/b3-2+.